The zero-order chi connectivity index (χ0) is 13.0. The average molecular weight is 241 g/mol. The number of rotatable bonds is 4. The molecule has 0 radical (unpaired) electrons. The largest absolute Gasteiger partial charge is 0.389 e. The molecule has 2 aromatic carbocycles. The SMILES string of the molecule is CCN(c1ccccc1)c1ccccc1[C@H](C)O. The Kier molecular flexibility index (Phi) is 4.00. The molecular formula is C16H19NO. The lowest BCUT2D eigenvalue weighted by Gasteiger charge is -2.26. The van der Waals surface area contributed by atoms with Crippen molar-refractivity contribution in [2.75, 3.05) is 11.4 Å². The van der Waals surface area contributed by atoms with Crippen LogP contribution in [0, 0.1) is 0 Å². The van der Waals surface area contributed by atoms with Gasteiger partial charge in [-0.25, -0.2) is 0 Å². The van der Waals surface area contributed by atoms with Crippen molar-refractivity contribution in [3.8, 4) is 0 Å². The Morgan fingerprint density at radius 1 is 1.00 bits per heavy atom. The molecule has 94 valence electrons. The molecule has 2 nitrogen and oxygen atoms in total. The van der Waals surface area contributed by atoms with E-state index in [1.54, 1.807) is 6.92 Å². The quantitative estimate of drug-likeness (QED) is 0.877. The smallest absolute Gasteiger partial charge is 0.0782 e. The summed E-state index contributed by atoms with van der Waals surface area (Å²) in [6.45, 7) is 4.79. The molecule has 0 saturated heterocycles. The minimum atomic E-state index is -0.459. The van der Waals surface area contributed by atoms with E-state index in [-0.39, 0.29) is 0 Å². The molecule has 0 aromatic heterocycles. The van der Waals surface area contributed by atoms with Gasteiger partial charge in [0.05, 0.1) is 6.10 Å². The van der Waals surface area contributed by atoms with Crippen molar-refractivity contribution in [2.24, 2.45) is 0 Å². The van der Waals surface area contributed by atoms with E-state index in [0.717, 1.165) is 23.5 Å². The third-order valence-electron chi connectivity index (χ3n) is 3.06. The van der Waals surface area contributed by atoms with Gasteiger partial charge in [0.1, 0.15) is 0 Å². The maximum Gasteiger partial charge on any atom is 0.0782 e. The molecule has 0 aliphatic rings. The molecule has 0 spiro atoms. The van der Waals surface area contributed by atoms with Crippen LogP contribution in [0.15, 0.2) is 54.6 Å². The number of benzene rings is 2. The molecule has 2 aromatic rings. The van der Waals surface area contributed by atoms with Gasteiger partial charge in [-0.05, 0) is 32.0 Å². The summed E-state index contributed by atoms with van der Waals surface area (Å²) in [7, 11) is 0. The number of nitrogens with zero attached hydrogens (tertiary/aromatic N) is 1. The van der Waals surface area contributed by atoms with Crippen molar-refractivity contribution in [1.29, 1.82) is 0 Å². The molecule has 0 saturated carbocycles. The van der Waals surface area contributed by atoms with E-state index < -0.39 is 6.10 Å². The van der Waals surface area contributed by atoms with E-state index in [4.69, 9.17) is 0 Å². The summed E-state index contributed by atoms with van der Waals surface area (Å²) in [4.78, 5) is 2.21. The number of para-hydroxylation sites is 2. The Hall–Kier alpha value is -1.80. The maximum atomic E-state index is 9.87. The highest BCUT2D eigenvalue weighted by molar-refractivity contribution is 5.66. The van der Waals surface area contributed by atoms with Crippen molar-refractivity contribution in [3.05, 3.63) is 60.2 Å². The van der Waals surface area contributed by atoms with Gasteiger partial charge in [0.25, 0.3) is 0 Å². The molecule has 0 aliphatic heterocycles. The summed E-state index contributed by atoms with van der Waals surface area (Å²) in [5, 5.41) is 9.87. The third-order valence-corrected chi connectivity index (χ3v) is 3.06. The van der Waals surface area contributed by atoms with Crippen molar-refractivity contribution in [2.45, 2.75) is 20.0 Å². The normalized spacial score (nSPS) is 12.2. The zero-order valence-corrected chi connectivity index (χ0v) is 10.9. The molecular weight excluding hydrogens is 222 g/mol. The molecule has 1 N–H and O–H groups in total. The van der Waals surface area contributed by atoms with Crippen molar-refractivity contribution in [1.82, 2.24) is 0 Å². The van der Waals surface area contributed by atoms with Gasteiger partial charge in [0, 0.05) is 23.5 Å². The van der Waals surface area contributed by atoms with Crippen LogP contribution in [-0.2, 0) is 0 Å². The lowest BCUT2D eigenvalue weighted by molar-refractivity contribution is 0.200. The van der Waals surface area contributed by atoms with E-state index in [1.165, 1.54) is 0 Å². The van der Waals surface area contributed by atoms with Crippen LogP contribution in [0.1, 0.15) is 25.5 Å². The highest BCUT2D eigenvalue weighted by atomic mass is 16.3. The Morgan fingerprint density at radius 3 is 2.22 bits per heavy atom. The lowest BCUT2D eigenvalue weighted by atomic mass is 10.1. The standard InChI is InChI=1S/C16H19NO/c1-3-17(14-9-5-4-6-10-14)16-12-8-7-11-15(16)13(2)18/h4-13,18H,3H2,1-2H3/t13-/m0/s1. The Labute approximate surface area is 109 Å². The first kappa shape index (κ1) is 12.7. The van der Waals surface area contributed by atoms with Gasteiger partial charge in [0.15, 0.2) is 0 Å². The second kappa shape index (κ2) is 5.69. The monoisotopic (exact) mass is 241 g/mol. The van der Waals surface area contributed by atoms with Crippen LogP contribution < -0.4 is 4.90 Å². The summed E-state index contributed by atoms with van der Waals surface area (Å²) < 4.78 is 0. The van der Waals surface area contributed by atoms with Crippen molar-refractivity contribution < 1.29 is 5.11 Å². The highest BCUT2D eigenvalue weighted by Crippen LogP contribution is 2.31. The Morgan fingerprint density at radius 2 is 1.61 bits per heavy atom. The average Bonchev–Trinajstić information content (AvgIpc) is 2.41. The van der Waals surface area contributed by atoms with E-state index in [0.29, 0.717) is 0 Å². The molecule has 0 fully saturated rings. The molecule has 2 heteroatoms. The van der Waals surface area contributed by atoms with Crippen LogP contribution in [0.5, 0.6) is 0 Å². The summed E-state index contributed by atoms with van der Waals surface area (Å²) in [5.41, 5.74) is 3.18. The number of aliphatic hydroxyl groups excluding tert-OH is 1. The summed E-state index contributed by atoms with van der Waals surface area (Å²) in [6.07, 6.45) is -0.459. The molecule has 18 heavy (non-hydrogen) atoms. The number of anilines is 2. The number of hydrogen-bond donors (Lipinski definition) is 1. The lowest BCUT2D eigenvalue weighted by Crippen LogP contribution is -2.18. The van der Waals surface area contributed by atoms with Crippen molar-refractivity contribution >= 4 is 11.4 Å². The van der Waals surface area contributed by atoms with Gasteiger partial charge in [-0.3, -0.25) is 0 Å². The fraction of sp³-hybridized carbons (Fsp3) is 0.250. The summed E-state index contributed by atoms with van der Waals surface area (Å²) in [5.74, 6) is 0. The first-order chi connectivity index (χ1) is 8.74. The summed E-state index contributed by atoms with van der Waals surface area (Å²) in [6, 6.07) is 18.2. The van der Waals surface area contributed by atoms with Crippen LogP contribution >= 0.6 is 0 Å². The van der Waals surface area contributed by atoms with Gasteiger partial charge in [0.2, 0.25) is 0 Å². The predicted octanol–water partition coefficient (Wildman–Crippen LogP) is 3.90. The second-order valence-electron chi connectivity index (χ2n) is 4.31. The van der Waals surface area contributed by atoms with Crippen molar-refractivity contribution in [3.63, 3.8) is 0 Å². The van der Waals surface area contributed by atoms with E-state index in [1.807, 2.05) is 36.4 Å². The molecule has 2 rings (SSSR count). The zero-order valence-electron chi connectivity index (χ0n) is 10.9. The molecule has 1 atom stereocenters. The minimum Gasteiger partial charge on any atom is -0.389 e. The molecule has 0 unspecified atom stereocenters. The first-order valence-electron chi connectivity index (χ1n) is 6.33. The van der Waals surface area contributed by atoms with E-state index in [9.17, 15) is 5.11 Å². The topological polar surface area (TPSA) is 23.5 Å². The first-order valence-corrected chi connectivity index (χ1v) is 6.33. The van der Waals surface area contributed by atoms with Gasteiger partial charge in [-0.2, -0.15) is 0 Å². The Bertz CT molecular complexity index is 493. The van der Waals surface area contributed by atoms with Crippen LogP contribution in [0.25, 0.3) is 0 Å². The molecule has 0 amide bonds. The highest BCUT2D eigenvalue weighted by Gasteiger charge is 2.13. The van der Waals surface area contributed by atoms with E-state index >= 15 is 0 Å². The maximum absolute atomic E-state index is 9.87. The fourth-order valence-corrected chi connectivity index (χ4v) is 2.19. The minimum absolute atomic E-state index is 0.459. The van der Waals surface area contributed by atoms with Gasteiger partial charge < -0.3 is 10.0 Å². The second-order valence-corrected chi connectivity index (χ2v) is 4.31. The third kappa shape index (κ3) is 2.54. The summed E-state index contributed by atoms with van der Waals surface area (Å²) >= 11 is 0. The van der Waals surface area contributed by atoms with Crippen LogP contribution in [0.2, 0.25) is 0 Å². The molecule has 0 heterocycles. The molecule has 0 aliphatic carbocycles. The van der Waals surface area contributed by atoms with Crippen LogP contribution in [0.4, 0.5) is 11.4 Å². The van der Waals surface area contributed by atoms with Gasteiger partial charge >= 0.3 is 0 Å². The molecule has 0 bridgehead atoms. The van der Waals surface area contributed by atoms with E-state index in [2.05, 4.69) is 30.0 Å². The van der Waals surface area contributed by atoms with Crippen LogP contribution in [0.3, 0.4) is 0 Å². The van der Waals surface area contributed by atoms with Gasteiger partial charge in [-0.15, -0.1) is 0 Å². The van der Waals surface area contributed by atoms with Gasteiger partial charge in [-0.1, -0.05) is 36.4 Å². The number of hydrogen-bond acceptors (Lipinski definition) is 2. The van der Waals surface area contributed by atoms with Crippen LogP contribution in [-0.4, -0.2) is 11.7 Å². The fourth-order valence-electron chi connectivity index (χ4n) is 2.19. The number of aliphatic hydroxyl groups is 1. The predicted molar refractivity (Wildman–Crippen MR) is 76.2 cm³/mol. The Balaban J connectivity index is 2.46.